The number of benzene rings is 1. The molecule has 2 N–H and O–H groups in total. The molecule has 0 aromatic heterocycles. The number of hydrogen-bond donors (Lipinski definition) is 2. The van der Waals surface area contributed by atoms with Crippen LogP contribution in [0.15, 0.2) is 34.8 Å². The summed E-state index contributed by atoms with van der Waals surface area (Å²) in [6, 6.07) is 2.93. The summed E-state index contributed by atoms with van der Waals surface area (Å²) in [6.45, 7) is 5.29. The molecule has 10 nitrogen and oxygen atoms in total. The Morgan fingerprint density at radius 2 is 2.03 bits per heavy atom. The molecule has 1 aromatic carbocycles. The van der Waals surface area contributed by atoms with Crippen molar-refractivity contribution >= 4 is 23.4 Å². The first-order valence-electron chi connectivity index (χ1n) is 12.4. The van der Waals surface area contributed by atoms with Crippen molar-refractivity contribution in [2.45, 2.75) is 51.7 Å². The fraction of sp³-hybridized carbons (Fsp3) is 0.520. The zero-order valence-corrected chi connectivity index (χ0v) is 20.4. The number of aliphatic hydroxyl groups is 1. The number of carbonyl (C=O) groups excluding carboxylic acids is 3. The van der Waals surface area contributed by atoms with Crippen molar-refractivity contribution in [1.29, 1.82) is 0 Å². The smallest absolute Gasteiger partial charge is 0.273 e. The zero-order valence-electron chi connectivity index (χ0n) is 20.4. The number of hydrogen-bond acceptors (Lipinski definition) is 7. The minimum atomic E-state index is -1.15. The summed E-state index contributed by atoms with van der Waals surface area (Å²) in [5, 5.41) is 19.7. The van der Waals surface area contributed by atoms with Gasteiger partial charge in [-0.15, -0.1) is 0 Å². The summed E-state index contributed by atoms with van der Waals surface area (Å²) in [5.41, 5.74) is 0.630. The van der Waals surface area contributed by atoms with Crippen LogP contribution in [0.4, 0.5) is 4.39 Å². The second kappa shape index (κ2) is 9.44. The molecular formula is C25H30FN5O5. The molecule has 1 aromatic rings. The number of aliphatic hydroxyl groups excluding tert-OH is 1. The van der Waals surface area contributed by atoms with Gasteiger partial charge >= 0.3 is 0 Å². The van der Waals surface area contributed by atoms with Crippen LogP contribution in [-0.2, 0) is 20.9 Å². The molecule has 5 rings (SSSR count). The Bertz CT molecular complexity index is 1170. The number of nitrogens with one attached hydrogen (secondary N) is 1. The predicted molar refractivity (Wildman–Crippen MR) is 127 cm³/mol. The third-order valence-corrected chi connectivity index (χ3v) is 7.22. The Kier molecular flexibility index (Phi) is 6.31. The van der Waals surface area contributed by atoms with E-state index in [1.54, 1.807) is 9.80 Å². The molecule has 0 saturated carbocycles. The Balaban J connectivity index is 1.60. The van der Waals surface area contributed by atoms with E-state index in [0.717, 1.165) is 17.9 Å². The molecule has 0 spiro atoms. The molecule has 2 bridgehead atoms. The van der Waals surface area contributed by atoms with Gasteiger partial charge in [-0.2, -0.15) is 5.10 Å². The van der Waals surface area contributed by atoms with Crippen molar-refractivity contribution in [3.8, 4) is 5.75 Å². The van der Waals surface area contributed by atoms with Crippen LogP contribution in [0, 0.1) is 11.7 Å². The van der Waals surface area contributed by atoms with Gasteiger partial charge in [0.2, 0.25) is 0 Å². The van der Waals surface area contributed by atoms with E-state index in [0.29, 0.717) is 44.0 Å². The first kappa shape index (κ1) is 24.1. The van der Waals surface area contributed by atoms with E-state index in [-0.39, 0.29) is 35.7 Å². The molecule has 4 heterocycles. The van der Waals surface area contributed by atoms with Gasteiger partial charge in [0, 0.05) is 37.3 Å². The maximum atomic E-state index is 14.0. The number of amides is 3. The Morgan fingerprint density at radius 1 is 1.22 bits per heavy atom. The first-order valence-corrected chi connectivity index (χ1v) is 12.4. The number of hydrazone groups is 1. The number of carbonyl (C=O) groups is 3. The van der Waals surface area contributed by atoms with E-state index in [2.05, 4.69) is 10.4 Å². The van der Waals surface area contributed by atoms with E-state index < -0.39 is 29.6 Å². The molecule has 11 heteroatoms. The molecule has 3 atom stereocenters. The van der Waals surface area contributed by atoms with Crippen molar-refractivity contribution in [3.63, 3.8) is 0 Å². The molecule has 1 saturated heterocycles. The molecule has 2 unspecified atom stereocenters. The molecule has 0 aliphatic carbocycles. The summed E-state index contributed by atoms with van der Waals surface area (Å²) in [5.74, 6) is -3.02. The Morgan fingerprint density at radius 3 is 2.81 bits per heavy atom. The lowest BCUT2D eigenvalue weighted by atomic mass is 9.91. The highest BCUT2D eigenvalue weighted by molar-refractivity contribution is 6.42. The second-order valence-electron chi connectivity index (χ2n) is 9.55. The lowest BCUT2D eigenvalue weighted by Gasteiger charge is -2.44. The van der Waals surface area contributed by atoms with Gasteiger partial charge in [-0.3, -0.25) is 14.4 Å². The van der Waals surface area contributed by atoms with Crippen molar-refractivity contribution in [1.82, 2.24) is 20.1 Å². The van der Waals surface area contributed by atoms with Gasteiger partial charge in [0.05, 0.1) is 19.2 Å². The third kappa shape index (κ3) is 3.96. The fourth-order valence-corrected chi connectivity index (χ4v) is 5.42. The van der Waals surface area contributed by atoms with Crippen LogP contribution in [0.1, 0.15) is 38.7 Å². The highest BCUT2D eigenvalue weighted by Crippen LogP contribution is 2.42. The minimum Gasteiger partial charge on any atom is -0.509 e. The molecule has 36 heavy (non-hydrogen) atoms. The van der Waals surface area contributed by atoms with Crippen molar-refractivity contribution < 1.29 is 28.6 Å². The largest absolute Gasteiger partial charge is 0.509 e. The summed E-state index contributed by atoms with van der Waals surface area (Å²) in [4.78, 5) is 43.5. The Hall–Kier alpha value is -3.63. The van der Waals surface area contributed by atoms with Gasteiger partial charge in [-0.25, -0.2) is 9.40 Å². The van der Waals surface area contributed by atoms with Gasteiger partial charge in [-0.1, -0.05) is 6.07 Å². The van der Waals surface area contributed by atoms with Gasteiger partial charge in [0.1, 0.15) is 34.7 Å². The quantitative estimate of drug-likeness (QED) is 0.606. The third-order valence-electron chi connectivity index (χ3n) is 7.22. The SMILES string of the molecule is CCN1C[C@H](C)N2C(=C(O)C3C(=O)N4Cc5ccc(F)cc5OCCCCCNC(=O)C(=N4)C32)C1=O. The lowest BCUT2D eigenvalue weighted by molar-refractivity contribution is -0.139. The summed E-state index contributed by atoms with van der Waals surface area (Å²) in [7, 11) is 0. The number of nitrogens with zero attached hydrogens (tertiary/aromatic N) is 4. The maximum Gasteiger partial charge on any atom is 0.273 e. The van der Waals surface area contributed by atoms with E-state index in [9.17, 15) is 23.9 Å². The number of piperazine rings is 1. The summed E-state index contributed by atoms with van der Waals surface area (Å²) in [6.07, 6.45) is 2.22. The van der Waals surface area contributed by atoms with Crippen LogP contribution in [0.5, 0.6) is 5.75 Å². The van der Waals surface area contributed by atoms with Crippen LogP contribution in [0.3, 0.4) is 0 Å². The topological polar surface area (TPSA) is 115 Å². The van der Waals surface area contributed by atoms with E-state index in [1.807, 2.05) is 13.8 Å². The predicted octanol–water partition coefficient (Wildman–Crippen LogP) is 1.52. The molecule has 3 amide bonds. The number of ether oxygens (including phenoxy) is 1. The summed E-state index contributed by atoms with van der Waals surface area (Å²) < 4.78 is 19.8. The molecule has 4 aliphatic rings. The number of rotatable bonds is 1. The average molecular weight is 500 g/mol. The van der Waals surface area contributed by atoms with Crippen LogP contribution in [-0.4, -0.2) is 81.7 Å². The monoisotopic (exact) mass is 499 g/mol. The summed E-state index contributed by atoms with van der Waals surface area (Å²) >= 11 is 0. The van der Waals surface area contributed by atoms with Gasteiger partial charge in [0.15, 0.2) is 0 Å². The van der Waals surface area contributed by atoms with Crippen LogP contribution in [0.25, 0.3) is 0 Å². The van der Waals surface area contributed by atoms with Crippen LogP contribution in [0.2, 0.25) is 0 Å². The van der Waals surface area contributed by atoms with E-state index in [1.165, 1.54) is 18.2 Å². The van der Waals surface area contributed by atoms with Crippen molar-refractivity contribution in [2.75, 3.05) is 26.2 Å². The van der Waals surface area contributed by atoms with E-state index in [4.69, 9.17) is 4.74 Å². The van der Waals surface area contributed by atoms with Crippen LogP contribution >= 0.6 is 0 Å². The Labute approximate surface area is 208 Å². The van der Waals surface area contributed by atoms with Crippen molar-refractivity contribution in [3.05, 3.63) is 41.0 Å². The highest BCUT2D eigenvalue weighted by atomic mass is 19.1. The highest BCUT2D eigenvalue weighted by Gasteiger charge is 2.57. The average Bonchev–Trinajstić information content (AvgIpc) is 3.17. The normalized spacial score (nSPS) is 27.0. The van der Waals surface area contributed by atoms with Gasteiger partial charge in [-0.05, 0) is 39.2 Å². The minimum absolute atomic E-state index is 0.0463. The van der Waals surface area contributed by atoms with Crippen LogP contribution < -0.4 is 10.1 Å². The number of halogens is 1. The molecule has 4 aliphatic heterocycles. The van der Waals surface area contributed by atoms with E-state index >= 15 is 0 Å². The fourth-order valence-electron chi connectivity index (χ4n) is 5.42. The lowest BCUT2D eigenvalue weighted by Crippen LogP contribution is -2.61. The maximum absolute atomic E-state index is 14.0. The van der Waals surface area contributed by atoms with Crippen molar-refractivity contribution in [2.24, 2.45) is 11.0 Å². The second-order valence-corrected chi connectivity index (χ2v) is 9.55. The molecule has 1 fully saturated rings. The number of likely N-dealkylation sites (N-methyl/N-ethyl adjacent to an activating group) is 1. The molecule has 0 radical (unpaired) electrons. The molecular weight excluding hydrogens is 469 g/mol. The number of fused-ring (bicyclic) bond motifs is 6. The van der Waals surface area contributed by atoms with Gasteiger partial charge in [0.25, 0.3) is 17.7 Å². The first-order chi connectivity index (χ1) is 17.3. The van der Waals surface area contributed by atoms with Gasteiger partial charge < -0.3 is 25.0 Å². The molecule has 192 valence electrons. The standard InChI is InChI=1S/C25H30FN5O5/c1-3-29-12-14(2)31-20-18(22(32)21(31)25(29)35)24(34)30-13-15-7-8-16(26)11-17(15)36-10-6-4-5-9-27-23(33)19(20)28-30/h7-8,11,14,18,20,32H,3-6,9-10,12-13H2,1-2H3,(H,27,33)/t14-,18?,20?/m0/s1. The zero-order chi connectivity index (χ0) is 25.6.